The van der Waals surface area contributed by atoms with Gasteiger partial charge in [0.2, 0.25) is 0 Å². The van der Waals surface area contributed by atoms with Crippen LogP contribution in [0, 0.1) is 22.2 Å². The minimum atomic E-state index is -2.49. The van der Waals surface area contributed by atoms with Crippen LogP contribution in [0.4, 0.5) is 0 Å². The summed E-state index contributed by atoms with van der Waals surface area (Å²) >= 11 is -2.49. The third kappa shape index (κ3) is 6.84. The third-order valence-corrected chi connectivity index (χ3v) is 21.6. The largest absolute Gasteiger partial charge is 1.00 e. The SMILES string of the molecule is CCC1C=C(C(C)(C)C)C=[C]1[Zr+2](=[C]1CCCCC1)[CH]1c2cc3c(cc2-c2cc4c(cc21)C(C)(C)C=C4C(C)(C)C)C(C(C)(C)C)=CC3(C)C.[Cl-].[Cl-]. The molecule has 1 unspecified atom stereocenters. The van der Waals surface area contributed by atoms with Crippen LogP contribution in [0.2, 0.25) is 0 Å². The van der Waals surface area contributed by atoms with E-state index in [0.29, 0.717) is 9.54 Å². The van der Waals surface area contributed by atoms with Gasteiger partial charge in [-0.2, -0.15) is 0 Å². The molecule has 1 fully saturated rings. The second-order valence-electron chi connectivity index (χ2n) is 20.5. The summed E-state index contributed by atoms with van der Waals surface area (Å²) in [6.45, 7) is 34.1. The summed E-state index contributed by atoms with van der Waals surface area (Å²) in [5, 5.41) is 0. The maximum absolute atomic E-state index is 2.77. The van der Waals surface area contributed by atoms with E-state index >= 15 is 0 Å². The molecule has 0 saturated heterocycles. The van der Waals surface area contributed by atoms with Crippen LogP contribution in [0.15, 0.2) is 57.4 Å². The predicted molar refractivity (Wildman–Crippen MR) is 212 cm³/mol. The van der Waals surface area contributed by atoms with Crippen molar-refractivity contribution < 1.29 is 46.1 Å². The van der Waals surface area contributed by atoms with E-state index in [4.69, 9.17) is 0 Å². The number of hydrogen-bond donors (Lipinski definition) is 0. The first kappa shape index (κ1) is 40.9. The molecule has 5 aliphatic carbocycles. The number of allylic oxidation sites excluding steroid dienone is 8. The standard InChI is InChI=1S/C31H37.C11H17.C6H10.2ClH.Zr/c1-28(2,3)26-16-30(7,8)24-12-18-11-19-13-25-23(15-21(19)20(18)14-22(24)26)27(29(4,5)6)17-31(25,9)10;1-5-9-6-7-10(8-9)11(2,3)4;1-2-4-6-5-3-1;;;/h11-17H,1-10H3;7-9H,5H2,1-4H3;1-5H2;2*1H;/q;;;;;+2/p-2. The molecule has 274 valence electrons. The molecule has 51 heavy (non-hydrogen) atoms. The summed E-state index contributed by atoms with van der Waals surface area (Å²) in [6, 6.07) is 10.9. The first-order valence-corrected chi connectivity index (χ1v) is 23.5. The molecule has 0 amide bonds. The Balaban J connectivity index is 0.00000252. The molecule has 0 N–H and O–H groups in total. The summed E-state index contributed by atoms with van der Waals surface area (Å²) in [6.07, 6.45) is 18.8. The Kier molecular flexibility index (Phi) is 10.8. The third-order valence-electron chi connectivity index (χ3n) is 12.7. The zero-order valence-electron chi connectivity index (χ0n) is 34.3. The van der Waals surface area contributed by atoms with E-state index in [0.717, 1.165) is 0 Å². The molecule has 2 aromatic rings. The first-order valence-electron chi connectivity index (χ1n) is 19.6. The van der Waals surface area contributed by atoms with Crippen LogP contribution < -0.4 is 24.8 Å². The minimum Gasteiger partial charge on any atom is -1.00 e. The van der Waals surface area contributed by atoms with Crippen LogP contribution in [0.25, 0.3) is 22.3 Å². The molecule has 0 spiro atoms. The molecule has 0 bridgehead atoms. The van der Waals surface area contributed by atoms with E-state index in [9.17, 15) is 0 Å². The monoisotopic (exact) mass is 800 g/mol. The maximum Gasteiger partial charge on any atom is -1.00 e. The molecule has 5 aliphatic rings. The van der Waals surface area contributed by atoms with Gasteiger partial charge in [-0.1, -0.05) is 0 Å². The summed E-state index contributed by atoms with van der Waals surface area (Å²) < 4.78 is 4.47. The van der Waals surface area contributed by atoms with Gasteiger partial charge < -0.3 is 24.8 Å². The van der Waals surface area contributed by atoms with Gasteiger partial charge in [-0.15, -0.1) is 0 Å². The quantitative estimate of drug-likeness (QED) is 0.297. The first-order chi connectivity index (χ1) is 22.6. The molecule has 0 heterocycles. The second kappa shape index (κ2) is 13.5. The van der Waals surface area contributed by atoms with Crippen LogP contribution in [0.5, 0.6) is 0 Å². The van der Waals surface area contributed by atoms with Crippen molar-refractivity contribution >= 4 is 14.4 Å². The number of rotatable bonds is 3. The molecule has 1 saturated carbocycles. The van der Waals surface area contributed by atoms with Crippen molar-refractivity contribution in [2.75, 3.05) is 0 Å². The topological polar surface area (TPSA) is 0 Å². The van der Waals surface area contributed by atoms with Gasteiger partial charge in [0.15, 0.2) is 0 Å². The van der Waals surface area contributed by atoms with E-state index in [1.54, 1.807) is 39.0 Å². The molecular weight excluding hydrogens is 739 g/mol. The van der Waals surface area contributed by atoms with Gasteiger partial charge in [-0.25, -0.2) is 0 Å². The fraction of sp³-hybridized carbons (Fsp3) is 0.562. The predicted octanol–water partition coefficient (Wildman–Crippen LogP) is 7.86. The minimum absolute atomic E-state index is 0. The van der Waals surface area contributed by atoms with Gasteiger partial charge in [-0.05, 0) is 0 Å². The number of fused-ring (bicyclic) bond motifs is 5. The van der Waals surface area contributed by atoms with E-state index in [1.165, 1.54) is 60.8 Å². The molecule has 0 aliphatic heterocycles. The molecular formula is C48H64Cl2Zr. The van der Waals surface area contributed by atoms with Crippen LogP contribution in [0.1, 0.15) is 172 Å². The molecule has 0 aromatic heterocycles. The molecule has 0 radical (unpaired) electrons. The van der Waals surface area contributed by atoms with E-state index < -0.39 is 21.3 Å². The van der Waals surface area contributed by atoms with Crippen molar-refractivity contribution in [3.63, 3.8) is 0 Å². The van der Waals surface area contributed by atoms with Crippen molar-refractivity contribution in [2.45, 2.75) is 150 Å². The zero-order chi connectivity index (χ0) is 35.6. The van der Waals surface area contributed by atoms with Crippen molar-refractivity contribution in [3.05, 3.63) is 90.8 Å². The van der Waals surface area contributed by atoms with Crippen LogP contribution in [-0.2, 0) is 32.1 Å². The van der Waals surface area contributed by atoms with Gasteiger partial charge in [-0.3, -0.25) is 0 Å². The normalized spacial score (nSPS) is 21.6. The van der Waals surface area contributed by atoms with Gasteiger partial charge in [0.05, 0.1) is 0 Å². The van der Waals surface area contributed by atoms with Gasteiger partial charge in [0.1, 0.15) is 0 Å². The molecule has 0 nitrogen and oxygen atoms in total. The van der Waals surface area contributed by atoms with Crippen LogP contribution in [0.3, 0.4) is 0 Å². The summed E-state index contributed by atoms with van der Waals surface area (Å²) in [7, 11) is 0. The van der Waals surface area contributed by atoms with Crippen molar-refractivity contribution in [1.82, 2.24) is 0 Å². The summed E-state index contributed by atoms with van der Waals surface area (Å²) in [5.41, 5.74) is 17.7. The zero-order valence-corrected chi connectivity index (χ0v) is 38.2. The Morgan fingerprint density at radius 1 is 0.627 bits per heavy atom. The average molecular weight is 803 g/mol. The number of hydrogen-bond acceptors (Lipinski definition) is 0. The van der Waals surface area contributed by atoms with Crippen molar-refractivity contribution in [1.29, 1.82) is 0 Å². The maximum atomic E-state index is 2.77. The van der Waals surface area contributed by atoms with Gasteiger partial charge in [0.25, 0.3) is 0 Å². The molecule has 1 atom stereocenters. The Bertz CT molecular complexity index is 1810. The smallest absolute Gasteiger partial charge is 1.00 e. The summed E-state index contributed by atoms with van der Waals surface area (Å²) in [5.74, 6) is 0.602. The summed E-state index contributed by atoms with van der Waals surface area (Å²) in [4.78, 5) is 0. The average Bonchev–Trinajstić information content (AvgIpc) is 3.71. The van der Waals surface area contributed by atoms with Crippen molar-refractivity contribution in [3.8, 4) is 11.1 Å². The number of halogens is 2. The fourth-order valence-electron chi connectivity index (χ4n) is 9.97. The second-order valence-corrected chi connectivity index (χ2v) is 27.1. The Morgan fingerprint density at radius 3 is 1.47 bits per heavy atom. The van der Waals surface area contributed by atoms with Crippen molar-refractivity contribution in [2.24, 2.45) is 22.2 Å². The Labute approximate surface area is 332 Å². The number of benzene rings is 2. The molecule has 7 rings (SSSR count). The fourth-order valence-corrected chi connectivity index (χ4v) is 20.2. The van der Waals surface area contributed by atoms with E-state index in [-0.39, 0.29) is 51.9 Å². The Morgan fingerprint density at radius 2 is 1.08 bits per heavy atom. The molecule has 2 aromatic carbocycles. The van der Waals surface area contributed by atoms with E-state index in [2.05, 4.69) is 146 Å². The van der Waals surface area contributed by atoms with Gasteiger partial charge in [0, 0.05) is 0 Å². The van der Waals surface area contributed by atoms with Crippen LogP contribution in [-0.4, -0.2) is 3.21 Å². The van der Waals surface area contributed by atoms with Gasteiger partial charge >= 0.3 is 310 Å². The Hall–Kier alpha value is -1.27. The van der Waals surface area contributed by atoms with Crippen LogP contribution >= 0.6 is 0 Å². The van der Waals surface area contributed by atoms with E-state index in [1.807, 2.05) is 6.49 Å². The molecule has 3 heteroatoms.